The molecule has 0 aliphatic heterocycles. The van der Waals surface area contributed by atoms with Gasteiger partial charge in [0.25, 0.3) is 0 Å². The Bertz CT molecular complexity index is 574. The molecule has 0 bridgehead atoms. The smallest absolute Gasteiger partial charge is 0.343 e. The van der Waals surface area contributed by atoms with E-state index in [4.69, 9.17) is 10.5 Å². The minimum Gasteiger partial charge on any atom is -0.482 e. The van der Waals surface area contributed by atoms with Crippen molar-refractivity contribution >= 4 is 17.6 Å². The van der Waals surface area contributed by atoms with Crippen LogP contribution in [-0.2, 0) is 14.3 Å². The van der Waals surface area contributed by atoms with Crippen LogP contribution < -0.4 is 15.8 Å². The number of aryl methyl sites for hydroxylation is 1. The molecule has 0 radical (unpaired) electrons. The fourth-order valence-electron chi connectivity index (χ4n) is 2.96. The van der Waals surface area contributed by atoms with Crippen LogP contribution in [0.15, 0.2) is 18.2 Å². The Hall–Kier alpha value is -2.08. The van der Waals surface area contributed by atoms with Crippen LogP contribution in [0.5, 0.6) is 5.75 Å². The van der Waals surface area contributed by atoms with E-state index in [1.807, 2.05) is 6.92 Å². The lowest BCUT2D eigenvalue weighted by atomic mass is 9.95. The predicted molar refractivity (Wildman–Crippen MR) is 87.2 cm³/mol. The van der Waals surface area contributed by atoms with Crippen LogP contribution in [0, 0.1) is 18.8 Å². The summed E-state index contributed by atoms with van der Waals surface area (Å²) in [7, 11) is 1.31. The lowest BCUT2D eigenvalue weighted by Crippen LogP contribution is -2.29. The molecular weight excluding hydrogens is 296 g/mol. The highest BCUT2D eigenvalue weighted by Crippen LogP contribution is 2.32. The number of hydrogen-bond donors (Lipinski definition) is 2. The highest BCUT2D eigenvalue weighted by molar-refractivity contribution is 5.93. The van der Waals surface area contributed by atoms with Gasteiger partial charge in [-0.1, -0.05) is 6.42 Å². The standard InChI is InChI=1S/C17H24N2O4/c1-11-8-13(23-10-16(20)22-2)6-7-15(11)19-17(21)14-5-3-4-12(14)9-18/h6-8,12,14H,3-5,9-10,18H2,1-2H3,(H,19,21)/t12-,14-/m1/s1. The summed E-state index contributed by atoms with van der Waals surface area (Å²) >= 11 is 0. The number of anilines is 1. The SMILES string of the molecule is COC(=O)COc1ccc(NC(=O)[C@@H]2CCC[C@@H]2CN)c(C)c1. The fraction of sp³-hybridized carbons (Fsp3) is 0.529. The third-order valence-corrected chi connectivity index (χ3v) is 4.34. The van der Waals surface area contributed by atoms with E-state index >= 15 is 0 Å². The number of nitrogens with two attached hydrogens (primary N) is 1. The molecule has 1 aliphatic carbocycles. The summed E-state index contributed by atoms with van der Waals surface area (Å²) in [5.41, 5.74) is 7.37. The molecule has 1 saturated carbocycles. The monoisotopic (exact) mass is 320 g/mol. The van der Waals surface area contributed by atoms with Crippen LogP contribution in [-0.4, -0.2) is 32.1 Å². The number of ether oxygens (including phenoxy) is 2. The average molecular weight is 320 g/mol. The van der Waals surface area contributed by atoms with Crippen molar-refractivity contribution in [2.45, 2.75) is 26.2 Å². The van der Waals surface area contributed by atoms with Crippen molar-refractivity contribution in [3.63, 3.8) is 0 Å². The van der Waals surface area contributed by atoms with Gasteiger partial charge in [0.2, 0.25) is 5.91 Å². The van der Waals surface area contributed by atoms with Crippen molar-refractivity contribution in [1.82, 2.24) is 0 Å². The zero-order valence-electron chi connectivity index (χ0n) is 13.6. The lowest BCUT2D eigenvalue weighted by Gasteiger charge is -2.18. The summed E-state index contributed by atoms with van der Waals surface area (Å²) < 4.78 is 9.85. The van der Waals surface area contributed by atoms with Crippen molar-refractivity contribution in [2.75, 3.05) is 25.6 Å². The molecule has 0 aromatic heterocycles. The Morgan fingerprint density at radius 3 is 2.78 bits per heavy atom. The summed E-state index contributed by atoms with van der Waals surface area (Å²) in [6.45, 7) is 2.30. The third-order valence-electron chi connectivity index (χ3n) is 4.34. The normalized spacial score (nSPS) is 20.1. The number of carbonyl (C=O) groups excluding carboxylic acids is 2. The summed E-state index contributed by atoms with van der Waals surface area (Å²) in [5.74, 6) is 0.428. The largest absolute Gasteiger partial charge is 0.482 e. The molecule has 1 aliphatic rings. The topological polar surface area (TPSA) is 90.6 Å². The number of amides is 1. The first-order valence-corrected chi connectivity index (χ1v) is 7.86. The minimum absolute atomic E-state index is 0.00495. The van der Waals surface area contributed by atoms with Crippen LogP contribution in [0.4, 0.5) is 5.69 Å². The van der Waals surface area contributed by atoms with E-state index < -0.39 is 5.97 Å². The molecule has 126 valence electrons. The van der Waals surface area contributed by atoms with Crippen LogP contribution in [0.2, 0.25) is 0 Å². The second-order valence-corrected chi connectivity index (χ2v) is 5.86. The first kappa shape index (κ1) is 17.3. The Labute approximate surface area is 136 Å². The number of rotatable bonds is 6. The summed E-state index contributed by atoms with van der Waals surface area (Å²) in [6, 6.07) is 5.29. The van der Waals surface area contributed by atoms with Crippen LogP contribution in [0.25, 0.3) is 0 Å². The van der Waals surface area contributed by atoms with Gasteiger partial charge >= 0.3 is 5.97 Å². The Balaban J connectivity index is 1.98. The zero-order chi connectivity index (χ0) is 16.8. The van der Waals surface area contributed by atoms with Crippen molar-refractivity contribution < 1.29 is 19.1 Å². The molecule has 2 atom stereocenters. The van der Waals surface area contributed by atoms with Crippen molar-refractivity contribution in [2.24, 2.45) is 17.6 Å². The second kappa shape index (κ2) is 7.97. The van der Waals surface area contributed by atoms with Gasteiger partial charge in [0.15, 0.2) is 6.61 Å². The first-order valence-electron chi connectivity index (χ1n) is 7.86. The van der Waals surface area contributed by atoms with E-state index in [2.05, 4.69) is 10.1 Å². The summed E-state index contributed by atoms with van der Waals surface area (Å²) in [5, 5.41) is 2.98. The van der Waals surface area contributed by atoms with Gasteiger partial charge in [-0.2, -0.15) is 0 Å². The van der Waals surface area contributed by atoms with E-state index in [9.17, 15) is 9.59 Å². The number of carbonyl (C=O) groups is 2. The quantitative estimate of drug-likeness (QED) is 0.781. The maximum absolute atomic E-state index is 12.4. The molecule has 0 spiro atoms. The maximum atomic E-state index is 12.4. The van der Waals surface area contributed by atoms with Gasteiger partial charge in [-0.25, -0.2) is 4.79 Å². The van der Waals surface area contributed by atoms with Crippen LogP contribution >= 0.6 is 0 Å². The maximum Gasteiger partial charge on any atom is 0.343 e. The van der Waals surface area contributed by atoms with E-state index in [1.54, 1.807) is 18.2 Å². The van der Waals surface area contributed by atoms with Gasteiger partial charge in [-0.05, 0) is 56.0 Å². The predicted octanol–water partition coefficient (Wildman–Crippen LogP) is 1.86. The van der Waals surface area contributed by atoms with Crippen molar-refractivity contribution in [3.8, 4) is 5.75 Å². The van der Waals surface area contributed by atoms with Gasteiger partial charge in [-0.15, -0.1) is 0 Å². The molecule has 6 heteroatoms. The van der Waals surface area contributed by atoms with Gasteiger partial charge in [0.05, 0.1) is 7.11 Å². The van der Waals surface area contributed by atoms with E-state index in [1.165, 1.54) is 7.11 Å². The number of nitrogens with one attached hydrogen (secondary N) is 1. The van der Waals surface area contributed by atoms with Gasteiger partial charge in [0.1, 0.15) is 5.75 Å². The molecule has 1 aromatic carbocycles. The molecule has 1 fully saturated rings. The third kappa shape index (κ3) is 4.45. The lowest BCUT2D eigenvalue weighted by molar-refractivity contribution is -0.142. The molecule has 0 saturated heterocycles. The van der Waals surface area contributed by atoms with Gasteiger partial charge in [0, 0.05) is 11.6 Å². The summed E-state index contributed by atoms with van der Waals surface area (Å²) in [4.78, 5) is 23.5. The van der Waals surface area contributed by atoms with E-state index in [0.29, 0.717) is 12.3 Å². The number of methoxy groups -OCH3 is 1. The van der Waals surface area contributed by atoms with Gasteiger partial charge < -0.3 is 20.5 Å². The first-order chi connectivity index (χ1) is 11.0. The highest BCUT2D eigenvalue weighted by Gasteiger charge is 2.32. The molecule has 0 unspecified atom stereocenters. The Kier molecular flexibility index (Phi) is 5.98. The van der Waals surface area contributed by atoms with E-state index in [-0.39, 0.29) is 24.3 Å². The van der Waals surface area contributed by atoms with Crippen LogP contribution in [0.3, 0.4) is 0 Å². The molecule has 23 heavy (non-hydrogen) atoms. The molecule has 1 aromatic rings. The molecular formula is C17H24N2O4. The average Bonchev–Trinajstić information content (AvgIpc) is 3.03. The fourth-order valence-corrected chi connectivity index (χ4v) is 2.96. The Morgan fingerprint density at radius 1 is 1.35 bits per heavy atom. The zero-order valence-corrected chi connectivity index (χ0v) is 13.6. The second-order valence-electron chi connectivity index (χ2n) is 5.86. The molecule has 2 rings (SSSR count). The van der Waals surface area contributed by atoms with Crippen LogP contribution in [0.1, 0.15) is 24.8 Å². The number of benzene rings is 1. The van der Waals surface area contributed by atoms with E-state index in [0.717, 1.165) is 30.5 Å². The summed E-state index contributed by atoms with van der Waals surface area (Å²) in [6.07, 6.45) is 2.97. The van der Waals surface area contributed by atoms with Gasteiger partial charge in [-0.3, -0.25) is 4.79 Å². The Morgan fingerprint density at radius 2 is 2.13 bits per heavy atom. The molecule has 0 heterocycles. The molecule has 6 nitrogen and oxygen atoms in total. The number of esters is 1. The van der Waals surface area contributed by atoms with Crippen molar-refractivity contribution in [1.29, 1.82) is 0 Å². The van der Waals surface area contributed by atoms with Crippen molar-refractivity contribution in [3.05, 3.63) is 23.8 Å². The molecule has 3 N–H and O–H groups in total. The molecule has 1 amide bonds. The highest BCUT2D eigenvalue weighted by atomic mass is 16.6. The minimum atomic E-state index is -0.436. The number of hydrogen-bond acceptors (Lipinski definition) is 5.